The van der Waals surface area contributed by atoms with Crippen LogP contribution in [0.3, 0.4) is 0 Å². The molecule has 2 aliphatic carbocycles. The fraction of sp³-hybridized carbons (Fsp3) is 0.611. The maximum Gasteiger partial charge on any atom is 0.218 e. The fourth-order valence-electron chi connectivity index (χ4n) is 3.71. The molecule has 0 spiro atoms. The van der Waals surface area contributed by atoms with Gasteiger partial charge in [0.1, 0.15) is 0 Å². The van der Waals surface area contributed by atoms with E-state index in [1.54, 1.807) is 6.20 Å². The molecule has 1 N–H and O–H groups in total. The second kappa shape index (κ2) is 6.18. The molecule has 0 aliphatic heterocycles. The highest BCUT2D eigenvalue weighted by Crippen LogP contribution is 2.44. The summed E-state index contributed by atoms with van der Waals surface area (Å²) < 4.78 is 5.79. The summed E-state index contributed by atoms with van der Waals surface area (Å²) in [6.07, 6.45) is 9.50. The van der Waals surface area contributed by atoms with Crippen molar-refractivity contribution in [1.82, 2.24) is 10.3 Å². The van der Waals surface area contributed by atoms with Gasteiger partial charge in [-0.05, 0) is 57.4 Å². The minimum Gasteiger partial charge on any atom is -0.475 e. The lowest BCUT2D eigenvalue weighted by Crippen LogP contribution is -2.35. The van der Waals surface area contributed by atoms with Gasteiger partial charge < -0.3 is 10.1 Å². The lowest BCUT2D eigenvalue weighted by Gasteiger charge is -2.26. The summed E-state index contributed by atoms with van der Waals surface area (Å²) in [5, 5.41) is 3.69. The molecule has 4 atom stereocenters. The highest BCUT2D eigenvalue weighted by molar-refractivity contribution is 5.25. The van der Waals surface area contributed by atoms with E-state index in [1.807, 2.05) is 19.9 Å². The highest BCUT2D eigenvalue weighted by atomic mass is 16.5. The summed E-state index contributed by atoms with van der Waals surface area (Å²) in [6.45, 7) is 7.22. The summed E-state index contributed by atoms with van der Waals surface area (Å²) >= 11 is 0. The van der Waals surface area contributed by atoms with E-state index in [0.717, 1.165) is 35.7 Å². The first-order valence-corrected chi connectivity index (χ1v) is 8.15. The Morgan fingerprint density at radius 3 is 2.81 bits per heavy atom. The van der Waals surface area contributed by atoms with Gasteiger partial charge in [-0.25, -0.2) is 4.98 Å². The molecule has 21 heavy (non-hydrogen) atoms. The van der Waals surface area contributed by atoms with Crippen LogP contribution in [0.25, 0.3) is 0 Å². The second-order valence-electron chi connectivity index (χ2n) is 6.75. The number of allylic oxidation sites excluding steroid dienone is 2. The average molecular weight is 286 g/mol. The first kappa shape index (κ1) is 14.6. The maximum absolute atomic E-state index is 5.79. The quantitative estimate of drug-likeness (QED) is 0.812. The number of pyridine rings is 1. The molecule has 114 valence electrons. The summed E-state index contributed by atoms with van der Waals surface area (Å²) in [4.78, 5) is 4.36. The van der Waals surface area contributed by atoms with Crippen LogP contribution in [0.1, 0.15) is 39.2 Å². The Kier molecular flexibility index (Phi) is 4.29. The lowest BCUT2D eigenvalue weighted by molar-refractivity contribution is 0.228. The van der Waals surface area contributed by atoms with Crippen LogP contribution in [0, 0.1) is 17.8 Å². The smallest absolute Gasteiger partial charge is 0.218 e. The fourth-order valence-corrected chi connectivity index (χ4v) is 3.71. The van der Waals surface area contributed by atoms with E-state index in [-0.39, 0.29) is 6.10 Å². The molecule has 2 bridgehead atoms. The molecule has 0 saturated heterocycles. The number of nitrogens with zero attached hydrogens (tertiary/aromatic N) is 1. The molecule has 2 aliphatic rings. The van der Waals surface area contributed by atoms with Crippen molar-refractivity contribution in [2.24, 2.45) is 17.8 Å². The SMILES string of the molecule is CC(C)Oc1ncccc1CNC(C)C1CC2C=CC1C2. The minimum atomic E-state index is 0.159. The van der Waals surface area contributed by atoms with Crippen molar-refractivity contribution < 1.29 is 4.74 Å². The van der Waals surface area contributed by atoms with Gasteiger partial charge in [0.2, 0.25) is 5.88 Å². The molecule has 3 heteroatoms. The first-order valence-electron chi connectivity index (χ1n) is 8.15. The molecule has 1 aromatic heterocycles. The van der Waals surface area contributed by atoms with Crippen LogP contribution < -0.4 is 10.1 Å². The number of fused-ring (bicyclic) bond motifs is 2. The number of ether oxygens (including phenoxy) is 1. The molecule has 3 nitrogen and oxygen atoms in total. The summed E-state index contributed by atoms with van der Waals surface area (Å²) in [6, 6.07) is 4.62. The molecular weight excluding hydrogens is 260 g/mol. The van der Waals surface area contributed by atoms with Crippen LogP contribution in [0.4, 0.5) is 0 Å². The van der Waals surface area contributed by atoms with Crippen LogP contribution in [0.15, 0.2) is 30.5 Å². The van der Waals surface area contributed by atoms with E-state index >= 15 is 0 Å². The highest BCUT2D eigenvalue weighted by Gasteiger charge is 2.38. The van der Waals surface area contributed by atoms with Crippen molar-refractivity contribution >= 4 is 0 Å². The summed E-state index contributed by atoms with van der Waals surface area (Å²) in [5.41, 5.74) is 1.15. The number of hydrogen-bond acceptors (Lipinski definition) is 3. The van der Waals surface area contributed by atoms with Crippen molar-refractivity contribution in [3.05, 3.63) is 36.0 Å². The zero-order valence-electron chi connectivity index (χ0n) is 13.3. The van der Waals surface area contributed by atoms with E-state index in [9.17, 15) is 0 Å². The van der Waals surface area contributed by atoms with Gasteiger partial charge in [0.25, 0.3) is 0 Å². The van der Waals surface area contributed by atoms with Gasteiger partial charge in [-0.1, -0.05) is 18.2 Å². The zero-order valence-corrected chi connectivity index (χ0v) is 13.3. The normalized spacial score (nSPS) is 28.3. The Bertz CT molecular complexity index is 512. The number of rotatable bonds is 6. The molecule has 1 saturated carbocycles. The number of nitrogens with one attached hydrogen (secondary N) is 1. The Morgan fingerprint density at radius 1 is 1.29 bits per heavy atom. The van der Waals surface area contributed by atoms with E-state index in [0.29, 0.717) is 6.04 Å². The van der Waals surface area contributed by atoms with E-state index in [2.05, 4.69) is 35.4 Å². The largest absolute Gasteiger partial charge is 0.475 e. The molecule has 4 unspecified atom stereocenters. The third-order valence-corrected chi connectivity index (χ3v) is 4.78. The Hall–Kier alpha value is -1.35. The number of hydrogen-bond donors (Lipinski definition) is 1. The molecule has 1 heterocycles. The lowest BCUT2D eigenvalue weighted by atomic mass is 9.87. The summed E-state index contributed by atoms with van der Waals surface area (Å²) in [5.74, 6) is 3.17. The van der Waals surface area contributed by atoms with Gasteiger partial charge in [-0.15, -0.1) is 0 Å². The predicted octanol–water partition coefficient (Wildman–Crippen LogP) is 3.56. The monoisotopic (exact) mass is 286 g/mol. The maximum atomic E-state index is 5.79. The van der Waals surface area contributed by atoms with Crippen molar-refractivity contribution in [3.63, 3.8) is 0 Å². The molecule has 1 fully saturated rings. The Labute approximate surface area is 127 Å². The van der Waals surface area contributed by atoms with Crippen LogP contribution >= 0.6 is 0 Å². The van der Waals surface area contributed by atoms with E-state index in [1.165, 1.54) is 12.8 Å². The van der Waals surface area contributed by atoms with E-state index in [4.69, 9.17) is 4.74 Å². The molecule has 0 amide bonds. The molecule has 0 radical (unpaired) electrons. The van der Waals surface area contributed by atoms with Gasteiger partial charge in [-0.3, -0.25) is 0 Å². The minimum absolute atomic E-state index is 0.159. The first-order chi connectivity index (χ1) is 10.1. The van der Waals surface area contributed by atoms with Crippen LogP contribution in [0.5, 0.6) is 5.88 Å². The van der Waals surface area contributed by atoms with Gasteiger partial charge in [-0.2, -0.15) is 0 Å². The van der Waals surface area contributed by atoms with Crippen molar-refractivity contribution in [2.75, 3.05) is 0 Å². The van der Waals surface area contributed by atoms with Crippen LogP contribution in [-0.2, 0) is 6.54 Å². The van der Waals surface area contributed by atoms with E-state index < -0.39 is 0 Å². The predicted molar refractivity (Wildman–Crippen MR) is 85.1 cm³/mol. The molecular formula is C18H26N2O. The van der Waals surface area contributed by atoms with Crippen LogP contribution in [-0.4, -0.2) is 17.1 Å². The molecule has 0 aromatic carbocycles. The van der Waals surface area contributed by atoms with Crippen molar-refractivity contribution in [2.45, 2.75) is 52.3 Å². The van der Waals surface area contributed by atoms with Gasteiger partial charge in [0, 0.05) is 24.3 Å². The van der Waals surface area contributed by atoms with Crippen LogP contribution in [0.2, 0.25) is 0 Å². The van der Waals surface area contributed by atoms with Gasteiger partial charge >= 0.3 is 0 Å². The topological polar surface area (TPSA) is 34.1 Å². The number of aromatic nitrogens is 1. The summed E-state index contributed by atoms with van der Waals surface area (Å²) in [7, 11) is 0. The standard InChI is InChI=1S/C18H26N2O/c1-12(2)21-18-16(5-4-8-19-18)11-20-13(3)17-10-14-6-7-15(17)9-14/h4-8,12-15,17,20H,9-11H2,1-3H3. The molecule has 3 rings (SSSR count). The second-order valence-corrected chi connectivity index (χ2v) is 6.75. The molecule has 1 aromatic rings. The van der Waals surface area contributed by atoms with Gasteiger partial charge in [0.05, 0.1) is 6.10 Å². The van der Waals surface area contributed by atoms with Gasteiger partial charge in [0.15, 0.2) is 0 Å². The third kappa shape index (κ3) is 3.29. The van der Waals surface area contributed by atoms with Crippen molar-refractivity contribution in [1.29, 1.82) is 0 Å². The zero-order chi connectivity index (χ0) is 14.8. The Morgan fingerprint density at radius 2 is 2.14 bits per heavy atom. The van der Waals surface area contributed by atoms with Crippen molar-refractivity contribution in [3.8, 4) is 5.88 Å². The third-order valence-electron chi connectivity index (χ3n) is 4.78. The average Bonchev–Trinajstić information content (AvgIpc) is 3.08. The Balaban J connectivity index is 1.59.